The third-order valence-corrected chi connectivity index (χ3v) is 9.79. The topological polar surface area (TPSA) is 43.9 Å². The number of benzene rings is 7. The van der Waals surface area contributed by atoms with Gasteiger partial charge in [0.2, 0.25) is 0 Å². The first-order valence-corrected chi connectivity index (χ1v) is 18.5. The maximum atomic E-state index is 7.23. The van der Waals surface area contributed by atoms with Gasteiger partial charge in [0, 0.05) is 53.4 Å². The monoisotopic (exact) mass is 915 g/mol. The molecule has 7 aromatic carbocycles. The number of aryl methyl sites for hydroxylation is 1. The Bertz CT molecular complexity index is 2930. The summed E-state index contributed by atoms with van der Waals surface area (Å²) in [7, 11) is 0. The van der Waals surface area contributed by atoms with Gasteiger partial charge in [-0.15, -0.1) is 35.9 Å². The second-order valence-electron chi connectivity index (χ2n) is 13.5. The maximum Gasteiger partial charge on any atom is 0.0774 e. The maximum absolute atomic E-state index is 7.23. The molecule has 0 fully saturated rings. The van der Waals surface area contributed by atoms with Crippen LogP contribution >= 0.6 is 0 Å². The fourth-order valence-electron chi connectivity index (χ4n) is 7.14. The molecule has 0 saturated carbocycles. The van der Waals surface area contributed by atoms with Crippen LogP contribution in [0.1, 0.15) is 20.8 Å². The predicted octanol–water partition coefficient (Wildman–Crippen LogP) is 13.0. The number of hydrogen-bond donors (Lipinski definition) is 0. The van der Waals surface area contributed by atoms with Gasteiger partial charge in [0.1, 0.15) is 0 Å². The van der Waals surface area contributed by atoms with E-state index in [0.29, 0.717) is 0 Å². The van der Waals surface area contributed by atoms with E-state index in [2.05, 4.69) is 161 Å². The Balaban J connectivity index is 0.000000248. The summed E-state index contributed by atoms with van der Waals surface area (Å²) in [6.07, 6.45) is 5.48. The van der Waals surface area contributed by atoms with Crippen molar-refractivity contribution in [3.8, 4) is 50.6 Å². The molecule has 1 radical (unpaired) electrons. The van der Waals surface area contributed by atoms with Crippen LogP contribution in [0.15, 0.2) is 199 Å². The molecule has 0 spiro atoms. The van der Waals surface area contributed by atoms with Crippen molar-refractivity contribution in [1.82, 2.24) is 14.5 Å². The molecule has 0 amide bonds. The van der Waals surface area contributed by atoms with Crippen molar-refractivity contribution in [2.24, 2.45) is 0 Å². The molecule has 0 aliphatic rings. The van der Waals surface area contributed by atoms with Gasteiger partial charge in [0.05, 0.1) is 22.5 Å². The molecule has 0 unspecified atom stereocenters. The molecule has 277 valence electrons. The molecule has 0 atom stereocenters. The molecule has 0 N–H and O–H groups in total. The first-order valence-electron chi connectivity index (χ1n) is 20.0. The van der Waals surface area contributed by atoms with Crippen molar-refractivity contribution in [3.63, 3.8) is 0 Å². The number of hydrogen-bond acceptors (Lipinski definition) is 3. The van der Waals surface area contributed by atoms with E-state index in [1.165, 1.54) is 17.3 Å². The van der Waals surface area contributed by atoms with Crippen LogP contribution in [-0.4, -0.2) is 14.5 Å². The van der Waals surface area contributed by atoms with Gasteiger partial charge < -0.3 is 14.0 Å². The van der Waals surface area contributed by atoms with Gasteiger partial charge in [-0.3, -0.25) is 4.98 Å². The fourth-order valence-corrected chi connectivity index (χ4v) is 7.14. The SMILES string of the molecule is [2H]C([2H])([2H])c1ccc(-c2[c-]cccc2)nc1.[Ir].[c-]1oc2ccc(Cc3ccccc3)cc2c1-c1nc2ccccc2n1-c1c(-c2ccccc2)cccc1-c1ccccc1. The van der Waals surface area contributed by atoms with Gasteiger partial charge in [0.25, 0.3) is 0 Å². The van der Waals surface area contributed by atoms with E-state index in [1.54, 1.807) is 18.2 Å². The van der Waals surface area contributed by atoms with Crippen LogP contribution in [0.3, 0.4) is 0 Å². The second kappa shape index (κ2) is 17.0. The Labute approximate surface area is 350 Å². The summed E-state index contributed by atoms with van der Waals surface area (Å²) in [5.41, 5.74) is 13.5. The molecule has 10 rings (SSSR count). The van der Waals surface area contributed by atoms with E-state index in [9.17, 15) is 0 Å². The van der Waals surface area contributed by atoms with E-state index >= 15 is 0 Å². The number of para-hydroxylation sites is 3. The van der Waals surface area contributed by atoms with Gasteiger partial charge in [-0.25, -0.2) is 0 Å². The number of fused-ring (bicyclic) bond motifs is 2. The Morgan fingerprint density at radius 2 is 1.33 bits per heavy atom. The van der Waals surface area contributed by atoms with Gasteiger partial charge in [-0.05, 0) is 53.4 Å². The third kappa shape index (κ3) is 7.90. The van der Waals surface area contributed by atoms with Gasteiger partial charge in [0.15, 0.2) is 0 Å². The van der Waals surface area contributed by atoms with Crippen molar-refractivity contribution < 1.29 is 28.6 Å². The average molecular weight is 915 g/mol. The van der Waals surface area contributed by atoms with Crippen LogP contribution in [0.5, 0.6) is 0 Å². The summed E-state index contributed by atoms with van der Waals surface area (Å²) in [5.74, 6) is 0.803. The molecule has 57 heavy (non-hydrogen) atoms. The largest absolute Gasteiger partial charge is 0.557 e. The second-order valence-corrected chi connectivity index (χ2v) is 13.5. The first kappa shape index (κ1) is 33.7. The minimum absolute atomic E-state index is 0. The van der Waals surface area contributed by atoms with Gasteiger partial charge >= 0.3 is 0 Å². The number of pyridine rings is 1. The molecular weight excluding hydrogens is 875 g/mol. The molecule has 10 aromatic rings. The quantitative estimate of drug-likeness (QED) is 0.150. The summed E-state index contributed by atoms with van der Waals surface area (Å²) in [4.78, 5) is 9.36. The molecule has 0 bridgehead atoms. The molecule has 3 heterocycles. The van der Waals surface area contributed by atoms with E-state index in [-0.39, 0.29) is 25.7 Å². The molecular formula is C52H37IrN3O-2. The van der Waals surface area contributed by atoms with Crippen LogP contribution in [-0.2, 0) is 26.5 Å². The Hall–Kier alpha value is -6.65. The Morgan fingerprint density at radius 3 is 2.00 bits per heavy atom. The minimum Gasteiger partial charge on any atom is -0.557 e. The summed E-state index contributed by atoms with van der Waals surface area (Å²) < 4.78 is 30.0. The zero-order valence-corrected chi connectivity index (χ0v) is 33.2. The zero-order valence-electron chi connectivity index (χ0n) is 33.8. The number of aromatic nitrogens is 3. The van der Waals surface area contributed by atoms with E-state index in [0.717, 1.165) is 79.0 Å². The third-order valence-electron chi connectivity index (χ3n) is 9.79. The van der Waals surface area contributed by atoms with Crippen molar-refractivity contribution in [2.45, 2.75) is 13.3 Å². The normalized spacial score (nSPS) is 11.8. The smallest absolute Gasteiger partial charge is 0.0774 e. The van der Waals surface area contributed by atoms with Crippen LogP contribution in [0.2, 0.25) is 0 Å². The number of nitrogens with zero attached hydrogens (tertiary/aromatic N) is 3. The standard InChI is InChI=1S/C40H27N2O.C12H10N.Ir/c1-4-13-28(14-5-1)25-29-23-24-38-34(26-29)35(27-43-38)40-41-36-21-10-11-22-37(36)42(40)39-32(30-15-6-2-7-16-30)19-12-20-33(39)31-17-8-3-9-18-31;1-10-7-8-12(13-9-10)11-5-3-2-4-6-11;/h1-24,26H,25H2;2-5,7-9H,1H3;/q2*-1;/i;1D3;. The number of rotatable bonds is 7. The Morgan fingerprint density at radius 1 is 0.649 bits per heavy atom. The zero-order chi connectivity index (χ0) is 40.2. The summed E-state index contributed by atoms with van der Waals surface area (Å²) >= 11 is 0. The molecule has 0 aliphatic heterocycles. The minimum atomic E-state index is -2.09. The van der Waals surface area contributed by atoms with E-state index < -0.39 is 6.85 Å². The first-order chi connectivity index (χ1) is 28.9. The fraction of sp³-hybridized carbons (Fsp3) is 0.0385. The van der Waals surface area contributed by atoms with Crippen LogP contribution in [0.4, 0.5) is 0 Å². The van der Waals surface area contributed by atoms with Crippen LogP contribution in [0.25, 0.3) is 72.6 Å². The van der Waals surface area contributed by atoms with Gasteiger partial charge in [-0.2, -0.15) is 0 Å². The number of furan rings is 1. The Kier molecular flexibility index (Phi) is 10.0. The summed E-state index contributed by atoms with van der Waals surface area (Å²) in [6.45, 7) is -2.09. The van der Waals surface area contributed by atoms with Crippen LogP contribution < -0.4 is 0 Å². The van der Waals surface area contributed by atoms with Crippen molar-refractivity contribution in [2.75, 3.05) is 0 Å². The van der Waals surface area contributed by atoms with Crippen molar-refractivity contribution >= 4 is 22.0 Å². The summed E-state index contributed by atoms with van der Waals surface area (Å²) in [6, 6.07) is 66.8. The molecule has 3 aromatic heterocycles. The van der Waals surface area contributed by atoms with Crippen LogP contribution in [0, 0.1) is 19.2 Å². The molecule has 5 heteroatoms. The molecule has 0 saturated heterocycles. The van der Waals surface area contributed by atoms with Crippen molar-refractivity contribution in [3.05, 3.63) is 223 Å². The average Bonchev–Trinajstić information content (AvgIpc) is 3.88. The molecule has 0 aliphatic carbocycles. The number of imidazole rings is 1. The van der Waals surface area contributed by atoms with Gasteiger partial charge in [-0.1, -0.05) is 168 Å². The summed E-state index contributed by atoms with van der Waals surface area (Å²) in [5, 5.41) is 1.00. The van der Waals surface area contributed by atoms with E-state index in [4.69, 9.17) is 13.5 Å². The molecule has 4 nitrogen and oxygen atoms in total. The van der Waals surface area contributed by atoms with E-state index in [1.807, 2.05) is 30.3 Å². The predicted molar refractivity (Wildman–Crippen MR) is 228 cm³/mol. The van der Waals surface area contributed by atoms with Crippen molar-refractivity contribution in [1.29, 1.82) is 0 Å².